The fourth-order valence-electron chi connectivity index (χ4n) is 4.05. The summed E-state index contributed by atoms with van der Waals surface area (Å²) in [5.41, 5.74) is 8.14. The molecule has 2 rings (SSSR count). The lowest BCUT2D eigenvalue weighted by Gasteiger charge is -2.32. The maximum absolute atomic E-state index is 13.0. The predicted molar refractivity (Wildman–Crippen MR) is 202 cm³/mol. The molecule has 46 heavy (non-hydrogen) atoms. The molecule has 2 N–H and O–H groups in total. The number of aryl methyl sites for hydroxylation is 1. The van der Waals surface area contributed by atoms with Crippen LogP contribution in [0, 0.1) is 12.3 Å². The first kappa shape index (κ1) is 41.6. The summed E-state index contributed by atoms with van der Waals surface area (Å²) < 4.78 is 23.2. The summed E-state index contributed by atoms with van der Waals surface area (Å²) in [5.74, 6) is 2.62. The highest BCUT2D eigenvalue weighted by Gasteiger charge is 2.39. The van der Waals surface area contributed by atoms with Gasteiger partial charge in [0, 0.05) is 35.3 Å². The molecule has 2 aromatic heterocycles. The molecule has 0 unspecified atom stereocenters. The highest BCUT2D eigenvalue weighted by Crippen LogP contribution is 2.38. The summed E-state index contributed by atoms with van der Waals surface area (Å²) in [6.45, 7) is 18.5. The lowest BCUT2D eigenvalue weighted by molar-refractivity contribution is -0.170. The van der Waals surface area contributed by atoms with Crippen LogP contribution in [0.5, 0.6) is 5.88 Å². The number of ether oxygens (including phenoxy) is 4. The number of amidine groups is 2. The molecule has 0 aliphatic rings. The fraction of sp³-hybridized carbons (Fsp3) is 0.618. The maximum atomic E-state index is 13.0. The number of esters is 1. The third-order valence-corrected chi connectivity index (χ3v) is 10.3. The van der Waals surface area contributed by atoms with Gasteiger partial charge in [-0.2, -0.15) is 4.99 Å². The van der Waals surface area contributed by atoms with E-state index in [9.17, 15) is 4.79 Å². The van der Waals surface area contributed by atoms with Gasteiger partial charge in [0.15, 0.2) is 0 Å². The van der Waals surface area contributed by atoms with E-state index in [1.807, 2.05) is 73.6 Å². The van der Waals surface area contributed by atoms with Gasteiger partial charge in [0.2, 0.25) is 5.88 Å². The Balaban J connectivity index is 0.0000106. The number of rotatable bonds is 15. The molecule has 0 aromatic carbocycles. The van der Waals surface area contributed by atoms with Crippen LogP contribution in [0.25, 0.3) is 11.3 Å². The van der Waals surface area contributed by atoms with Crippen molar-refractivity contribution < 1.29 is 23.7 Å². The van der Waals surface area contributed by atoms with Crippen LogP contribution in [0.1, 0.15) is 79.4 Å². The zero-order valence-electron chi connectivity index (χ0n) is 29.6. The molecule has 0 bridgehead atoms. The lowest BCUT2D eigenvalue weighted by Crippen LogP contribution is -2.41. The van der Waals surface area contributed by atoms with Crippen LogP contribution >= 0.6 is 34.0 Å². The highest BCUT2D eigenvalue weighted by molar-refractivity contribution is 14.0. The van der Waals surface area contributed by atoms with E-state index >= 15 is 0 Å². The van der Waals surface area contributed by atoms with Crippen LogP contribution in [0.15, 0.2) is 40.6 Å². The molecule has 0 saturated heterocycles. The summed E-state index contributed by atoms with van der Waals surface area (Å²) in [5, 5.41) is 0. The van der Waals surface area contributed by atoms with E-state index in [0.29, 0.717) is 30.9 Å². The van der Waals surface area contributed by atoms with Crippen molar-refractivity contribution in [3.05, 3.63) is 41.7 Å². The third-order valence-electron chi connectivity index (χ3n) is 7.51. The molecule has 0 atom stereocenters. The molecule has 2 aromatic rings. The number of aliphatic imine (C=N–C) groups is 2. The Labute approximate surface area is 295 Å². The second-order valence-electron chi connectivity index (χ2n) is 12.9. The minimum atomic E-state index is -0.745. The van der Waals surface area contributed by atoms with Crippen molar-refractivity contribution >= 4 is 51.8 Å². The van der Waals surface area contributed by atoms with Gasteiger partial charge in [-0.25, -0.2) is 20.0 Å². The average molecular weight is 774 g/mol. The van der Waals surface area contributed by atoms with Crippen LogP contribution in [0.2, 0.25) is 0 Å². The quantitative estimate of drug-likeness (QED) is 0.0665. The van der Waals surface area contributed by atoms with Crippen molar-refractivity contribution in [1.29, 1.82) is 0 Å². The Morgan fingerprint density at radius 3 is 2.26 bits per heavy atom. The van der Waals surface area contributed by atoms with Crippen LogP contribution in [-0.4, -0.2) is 83.5 Å². The van der Waals surface area contributed by atoms with Crippen LogP contribution < -0.4 is 10.5 Å². The molecule has 0 fully saturated rings. The maximum Gasteiger partial charge on any atom is 0.316 e. The van der Waals surface area contributed by atoms with E-state index in [2.05, 4.69) is 39.4 Å². The molecule has 0 aliphatic carbocycles. The normalized spacial score (nSPS) is 13.3. The zero-order valence-corrected chi connectivity index (χ0v) is 32.8. The van der Waals surface area contributed by atoms with Crippen molar-refractivity contribution in [3.8, 4) is 17.1 Å². The van der Waals surface area contributed by atoms with E-state index in [1.54, 1.807) is 12.4 Å². The first-order chi connectivity index (χ1) is 21.0. The Hall–Kier alpha value is -2.45. The average Bonchev–Trinajstić information content (AvgIpc) is 2.96. The summed E-state index contributed by atoms with van der Waals surface area (Å²) in [6, 6.07) is 5.74. The van der Waals surface area contributed by atoms with Gasteiger partial charge in [-0.3, -0.25) is 9.78 Å². The van der Waals surface area contributed by atoms with Crippen LogP contribution in [0.4, 0.5) is 0 Å². The zero-order chi connectivity index (χ0) is 33.8. The number of carbonyl (C=O) groups excluding carboxylic acids is 1. The van der Waals surface area contributed by atoms with E-state index in [-0.39, 0.29) is 61.2 Å². The van der Waals surface area contributed by atoms with Gasteiger partial charge in [0.05, 0.1) is 18.4 Å². The Morgan fingerprint density at radius 2 is 1.74 bits per heavy atom. The molecule has 0 aliphatic heterocycles. The molecule has 0 spiro atoms. The number of pyridine rings is 2. The predicted octanol–water partition coefficient (Wildman–Crippen LogP) is 7.14. The Morgan fingerprint density at radius 1 is 1.07 bits per heavy atom. The monoisotopic (exact) mass is 773 g/mol. The van der Waals surface area contributed by atoms with E-state index in [0.717, 1.165) is 22.6 Å². The highest BCUT2D eigenvalue weighted by atomic mass is 127. The summed E-state index contributed by atoms with van der Waals surface area (Å²) >= 11 is 0. The number of hydrogen-bond donors (Lipinski definition) is 1. The molecule has 10 nitrogen and oxygen atoms in total. The van der Waals surface area contributed by atoms with Gasteiger partial charge < -0.3 is 24.7 Å². The van der Waals surface area contributed by atoms with E-state index in [1.165, 1.54) is 5.75 Å². The number of nitrogens with two attached hydrogens (primary N) is 1. The fourth-order valence-corrected chi connectivity index (χ4v) is 4.91. The molecule has 260 valence electrons. The van der Waals surface area contributed by atoms with Crippen LogP contribution in [-0.2, 0) is 19.0 Å². The van der Waals surface area contributed by atoms with Crippen LogP contribution in [0.3, 0.4) is 0 Å². The number of hydrogen-bond acceptors (Lipinski definition) is 8. The number of halogens is 1. The van der Waals surface area contributed by atoms with Gasteiger partial charge >= 0.3 is 12.0 Å². The minimum absolute atomic E-state index is 0. The van der Waals surface area contributed by atoms with Crippen molar-refractivity contribution in [2.45, 2.75) is 86.9 Å². The number of carbonyl (C=O) groups is 1. The van der Waals surface area contributed by atoms with Crippen molar-refractivity contribution in [2.75, 3.05) is 44.0 Å². The first-order valence-corrected chi connectivity index (χ1v) is 18.4. The molecular weight excluding hydrogens is 717 g/mol. The molecule has 0 radical (unpaired) electrons. The lowest BCUT2D eigenvalue weighted by atomic mass is 9.83. The topological polar surface area (TPSA) is 131 Å². The van der Waals surface area contributed by atoms with E-state index < -0.39 is 21.0 Å². The minimum Gasteiger partial charge on any atom is -0.476 e. The van der Waals surface area contributed by atoms with Crippen molar-refractivity contribution in [2.24, 2.45) is 21.1 Å². The van der Waals surface area contributed by atoms with Gasteiger partial charge in [-0.15, -0.1) is 24.0 Å². The third kappa shape index (κ3) is 13.3. The number of nitrogens with zero attached hydrogens (tertiary/aromatic N) is 4. The van der Waals surface area contributed by atoms with E-state index in [4.69, 9.17) is 24.7 Å². The second-order valence-corrected chi connectivity index (χ2v) is 17.5. The van der Waals surface area contributed by atoms with Gasteiger partial charge in [-0.1, -0.05) is 20.8 Å². The largest absolute Gasteiger partial charge is 0.476 e. The second kappa shape index (κ2) is 18.8. The first-order valence-electron chi connectivity index (χ1n) is 15.7. The van der Waals surface area contributed by atoms with Gasteiger partial charge in [0.1, 0.15) is 30.2 Å². The molecular formula is C34H56IN5O5S. The molecule has 0 amide bonds. The number of aromatic nitrogens is 2. The Kier molecular flexibility index (Phi) is 17.0. The van der Waals surface area contributed by atoms with Gasteiger partial charge in [0.25, 0.3) is 0 Å². The van der Waals surface area contributed by atoms with Crippen molar-refractivity contribution in [3.63, 3.8) is 0 Å². The van der Waals surface area contributed by atoms with Gasteiger partial charge in [-0.05, 0) is 90.3 Å². The molecule has 0 saturated carbocycles. The summed E-state index contributed by atoms with van der Waals surface area (Å²) in [6.07, 6.45) is 9.07. The summed E-state index contributed by atoms with van der Waals surface area (Å²) in [7, 11) is -0.626. The smallest absolute Gasteiger partial charge is 0.316 e. The standard InChI is InChI=1S/C34H55N5O5S.HI/c1-12-34(13-2,31(40)44-33(7,8)9)22-42-29-19-25(6)27(21-37-29)28-16-15-26(20-36-28)30(35)39-32(43-24(4)5)38-23-41-17-18-45(10,11)14-3;/h15-16,19-21,24H,12-14,17-18,22-23H2,1-11H3,(H2,35,38,39);1H. The molecule has 12 heteroatoms. The Bertz CT molecular complexity index is 1310. The van der Waals surface area contributed by atoms with Crippen molar-refractivity contribution in [1.82, 2.24) is 9.97 Å². The SMILES string of the molecule is CCC(CC)(COc1cc(C)c(-c2ccc(/C(N)=N/C(=N/COCCS(C)(C)CC)OC(C)C)cn2)cn1)C(=O)OC(C)(C)C.I. The summed E-state index contributed by atoms with van der Waals surface area (Å²) in [4.78, 5) is 30.9. The molecule has 2 heterocycles.